The van der Waals surface area contributed by atoms with E-state index in [1.807, 2.05) is 32.2 Å². The molecule has 4 aliphatic carbocycles. The lowest BCUT2D eigenvalue weighted by Gasteiger charge is -2.66. The molecule has 8 nitrogen and oxygen atoms in total. The van der Waals surface area contributed by atoms with Gasteiger partial charge in [0.05, 0.1) is 18.3 Å². The number of aliphatic hydroxyl groups is 5. The molecule has 0 unspecified atom stereocenters. The van der Waals surface area contributed by atoms with Crippen LogP contribution in [0.2, 0.25) is 0 Å². The fourth-order valence-corrected chi connectivity index (χ4v) is 11.4. The quantitative estimate of drug-likeness (QED) is 0.0907. The van der Waals surface area contributed by atoms with E-state index in [0.717, 1.165) is 54.3 Å². The summed E-state index contributed by atoms with van der Waals surface area (Å²) in [4.78, 5) is 12.7. The van der Waals surface area contributed by atoms with Crippen LogP contribution in [0.5, 0.6) is 0 Å². The number of rotatable bonds is 11. The van der Waals surface area contributed by atoms with Crippen LogP contribution in [0.4, 0.5) is 0 Å². The fraction of sp³-hybridized carbons (Fsp3) is 0.587. The average molecular weight is 741 g/mol. The average Bonchev–Trinajstić information content (AvgIpc) is 3.50. The minimum absolute atomic E-state index is 0.0261. The van der Waals surface area contributed by atoms with E-state index in [1.165, 1.54) is 11.1 Å². The van der Waals surface area contributed by atoms with Crippen molar-refractivity contribution < 1.29 is 30.3 Å². The van der Waals surface area contributed by atoms with Crippen molar-refractivity contribution in [3.05, 3.63) is 106 Å². The number of carbonyl (C=O) groups excluding carboxylic acids is 1. The van der Waals surface area contributed by atoms with Crippen LogP contribution >= 0.6 is 0 Å². The van der Waals surface area contributed by atoms with Crippen LogP contribution in [0.3, 0.4) is 0 Å². The number of allylic oxidation sites excluding steroid dienone is 9. The van der Waals surface area contributed by atoms with Crippen LogP contribution in [0, 0.1) is 34.5 Å². The third-order valence-corrected chi connectivity index (χ3v) is 14.0. The molecule has 5 aliphatic rings. The predicted octanol–water partition coefficient (Wildman–Crippen LogP) is 5.42. The van der Waals surface area contributed by atoms with Crippen LogP contribution in [0.15, 0.2) is 95.2 Å². The molecule has 2 fully saturated rings. The van der Waals surface area contributed by atoms with Crippen LogP contribution in [-0.2, 0) is 17.6 Å². The van der Waals surface area contributed by atoms with E-state index >= 15 is 0 Å². The second-order valence-electron chi connectivity index (χ2n) is 17.2. The fourth-order valence-electron chi connectivity index (χ4n) is 11.4. The largest absolute Gasteiger partial charge is 0.396 e. The molecule has 6 rings (SSSR count). The van der Waals surface area contributed by atoms with E-state index in [0.29, 0.717) is 57.1 Å². The van der Waals surface area contributed by atoms with E-state index in [-0.39, 0.29) is 37.0 Å². The smallest absolute Gasteiger partial charge is 0.146 e. The molecule has 1 heterocycles. The third-order valence-electron chi connectivity index (χ3n) is 14.0. The van der Waals surface area contributed by atoms with Gasteiger partial charge in [-0.05, 0) is 149 Å². The van der Waals surface area contributed by atoms with Crippen LogP contribution in [-0.4, -0.2) is 82.6 Å². The van der Waals surface area contributed by atoms with Gasteiger partial charge in [-0.3, -0.25) is 10.1 Å². The van der Waals surface area contributed by atoms with Crippen molar-refractivity contribution >= 4 is 6.29 Å². The molecule has 8 heteroatoms. The molecule has 294 valence electrons. The number of hydrogen-bond donors (Lipinski definition) is 7. The molecular formula is C46H64N2O6. The van der Waals surface area contributed by atoms with Crippen molar-refractivity contribution in [1.82, 2.24) is 10.6 Å². The first-order chi connectivity index (χ1) is 26.0. The highest BCUT2D eigenvalue weighted by Gasteiger charge is 2.71. The molecule has 1 aromatic carbocycles. The SMILES string of the molecule is C=C(/C=C/C=C(/CO)[C@@H]1CC[C@]2([C@@H]1O)[C@H]1C3=C(C=O)CCC[C@@]3(C=C[C@@H]1CCO)C[C@]2(O)CCNC)[C@H]1C/C=C(\C)[C@@H](O)N[C@@H](C)Cc2cccc(c2)C1. The molecule has 7 N–H and O–H groups in total. The Morgan fingerprint density at radius 1 is 1.15 bits per heavy atom. The molecule has 4 bridgehead atoms. The second-order valence-corrected chi connectivity index (χ2v) is 17.2. The minimum Gasteiger partial charge on any atom is -0.396 e. The number of benzene rings is 1. The molecule has 0 radical (unpaired) electrons. The topological polar surface area (TPSA) is 142 Å². The van der Waals surface area contributed by atoms with E-state index < -0.39 is 34.7 Å². The first kappa shape index (κ1) is 40.7. The summed E-state index contributed by atoms with van der Waals surface area (Å²) in [5.41, 5.74) is 4.23. The molecule has 0 amide bonds. The van der Waals surface area contributed by atoms with Gasteiger partial charge >= 0.3 is 0 Å². The molecular weight excluding hydrogens is 677 g/mol. The Bertz CT molecular complexity index is 1690. The Morgan fingerprint density at radius 2 is 1.93 bits per heavy atom. The summed E-state index contributed by atoms with van der Waals surface area (Å²) < 4.78 is 0. The van der Waals surface area contributed by atoms with Gasteiger partial charge in [0.25, 0.3) is 0 Å². The molecule has 10 atom stereocenters. The lowest BCUT2D eigenvalue weighted by atomic mass is 9.40. The highest BCUT2D eigenvalue weighted by Crippen LogP contribution is 2.72. The number of hydrogen-bond acceptors (Lipinski definition) is 8. The maximum atomic E-state index is 13.0. The van der Waals surface area contributed by atoms with Crippen LogP contribution in [0.1, 0.15) is 82.8 Å². The zero-order valence-corrected chi connectivity index (χ0v) is 32.6. The van der Waals surface area contributed by atoms with Crippen molar-refractivity contribution in [3.8, 4) is 0 Å². The van der Waals surface area contributed by atoms with Crippen molar-refractivity contribution in [2.24, 2.45) is 34.5 Å². The summed E-state index contributed by atoms with van der Waals surface area (Å²) in [7, 11) is 1.88. The van der Waals surface area contributed by atoms with Crippen LogP contribution < -0.4 is 10.6 Å². The molecule has 1 aliphatic heterocycles. The first-order valence-corrected chi connectivity index (χ1v) is 20.3. The monoisotopic (exact) mass is 740 g/mol. The van der Waals surface area contributed by atoms with Gasteiger partial charge in [0.1, 0.15) is 12.5 Å². The molecule has 0 saturated heterocycles. The van der Waals surface area contributed by atoms with Gasteiger partial charge in [-0.25, -0.2) is 0 Å². The Hall–Kier alpha value is -2.95. The van der Waals surface area contributed by atoms with Crippen molar-refractivity contribution in [2.75, 3.05) is 26.8 Å². The zero-order chi connectivity index (χ0) is 38.7. The minimum atomic E-state index is -1.23. The number of fused-ring (bicyclic) bond motifs is 3. The highest BCUT2D eigenvalue weighted by molar-refractivity contribution is 5.76. The predicted molar refractivity (Wildman–Crippen MR) is 214 cm³/mol. The van der Waals surface area contributed by atoms with E-state index in [2.05, 4.69) is 66.6 Å². The number of aliphatic hydroxyl groups excluding tert-OH is 4. The van der Waals surface area contributed by atoms with Gasteiger partial charge in [-0.1, -0.05) is 72.9 Å². The summed E-state index contributed by atoms with van der Waals surface area (Å²) >= 11 is 0. The summed E-state index contributed by atoms with van der Waals surface area (Å²) in [6, 6.07) is 8.76. The maximum absolute atomic E-state index is 13.0. The summed E-state index contributed by atoms with van der Waals surface area (Å²) in [6.07, 6.45) is 18.9. The Kier molecular flexibility index (Phi) is 12.8. The van der Waals surface area contributed by atoms with Gasteiger partial charge in [0.15, 0.2) is 0 Å². The maximum Gasteiger partial charge on any atom is 0.146 e. The van der Waals surface area contributed by atoms with Gasteiger partial charge in [-0.15, -0.1) is 0 Å². The summed E-state index contributed by atoms with van der Waals surface area (Å²) in [6.45, 7) is 8.83. The van der Waals surface area contributed by atoms with E-state index in [1.54, 1.807) is 0 Å². The normalized spacial score (nSPS) is 38.1. The lowest BCUT2D eigenvalue weighted by molar-refractivity contribution is -0.207. The van der Waals surface area contributed by atoms with Crippen LogP contribution in [0.25, 0.3) is 0 Å². The van der Waals surface area contributed by atoms with E-state index in [9.17, 15) is 30.3 Å². The first-order valence-electron chi connectivity index (χ1n) is 20.3. The number of nitrogens with one attached hydrogen (secondary N) is 2. The van der Waals surface area contributed by atoms with Gasteiger partial charge in [0, 0.05) is 29.4 Å². The molecule has 1 spiro atoms. The summed E-state index contributed by atoms with van der Waals surface area (Å²) in [5.74, 6) is -0.730. The molecule has 2 saturated carbocycles. The van der Waals surface area contributed by atoms with Crippen molar-refractivity contribution in [1.29, 1.82) is 0 Å². The van der Waals surface area contributed by atoms with Crippen molar-refractivity contribution in [3.63, 3.8) is 0 Å². The number of carbonyl (C=O) groups is 1. The standard InChI is InChI=1S/C46H64N2O6/c1-30(36-14-13-31(2)43(53)48-32(3)24-33-9-6-10-34(25-33)26-36)8-5-11-37(27-50)39-16-20-46(42(39)52)41-35(17-23-49)15-19-44(29-45(46,54)21-22-47-4)18-7-12-38(28-51)40(41)44/h5-6,8-11,13,15,19,25,28,32,35-36,39,41-43,47-50,52-54H,1,7,12,14,16-18,20-24,26-27,29H2,2-4H3/b8-5+,31-13+,37-11-/t32-,35+,36-,39-,41+,42+,43+,44+,45+,46+/m0/s1. The Labute approximate surface area is 322 Å². The van der Waals surface area contributed by atoms with Gasteiger partial charge < -0.3 is 30.8 Å². The van der Waals surface area contributed by atoms with Crippen molar-refractivity contribution in [2.45, 2.75) is 108 Å². The lowest BCUT2D eigenvalue weighted by Crippen LogP contribution is -2.67. The molecule has 1 aromatic rings. The second kappa shape index (κ2) is 17.0. The molecule has 0 aromatic heterocycles. The Morgan fingerprint density at radius 3 is 2.65 bits per heavy atom. The highest BCUT2D eigenvalue weighted by atomic mass is 16.3. The summed E-state index contributed by atoms with van der Waals surface area (Å²) in [5, 5.41) is 64.2. The van der Waals surface area contributed by atoms with E-state index in [4.69, 9.17) is 0 Å². The zero-order valence-electron chi connectivity index (χ0n) is 32.6. The van der Waals surface area contributed by atoms with Gasteiger partial charge in [0.2, 0.25) is 0 Å². The third kappa shape index (κ3) is 7.60. The molecule has 54 heavy (non-hydrogen) atoms. The van der Waals surface area contributed by atoms with Gasteiger partial charge in [-0.2, -0.15) is 0 Å². The number of aldehydes is 1. The Balaban J connectivity index is 1.32.